The summed E-state index contributed by atoms with van der Waals surface area (Å²) >= 11 is 0. The van der Waals surface area contributed by atoms with Gasteiger partial charge in [0.15, 0.2) is 0 Å². The fourth-order valence-corrected chi connectivity index (χ4v) is 1.70. The fourth-order valence-electron chi connectivity index (χ4n) is 1.70. The molecule has 2 aromatic rings. The van der Waals surface area contributed by atoms with Gasteiger partial charge in [0.1, 0.15) is 12.4 Å². The Morgan fingerprint density at radius 1 is 0.947 bits per heavy atom. The smallest absolute Gasteiger partial charge is 0.149 e. The van der Waals surface area contributed by atoms with Gasteiger partial charge in [-0.2, -0.15) is 0 Å². The van der Waals surface area contributed by atoms with Crippen molar-refractivity contribution in [1.29, 1.82) is 0 Å². The maximum atomic E-state index is 5.56. The van der Waals surface area contributed by atoms with Gasteiger partial charge in [-0.15, -0.1) is 0 Å². The summed E-state index contributed by atoms with van der Waals surface area (Å²) in [5.41, 5.74) is 7.73. The second-order valence-corrected chi connectivity index (χ2v) is 4.14. The molecule has 96 valence electrons. The largest absolute Gasteiger partial charge is 0.481 e. The molecule has 0 saturated heterocycles. The molecule has 0 unspecified atom stereocenters. The zero-order valence-corrected chi connectivity index (χ0v) is 10.8. The van der Waals surface area contributed by atoms with Crippen LogP contribution in [-0.4, -0.2) is 13.2 Å². The van der Waals surface area contributed by atoms with Crippen molar-refractivity contribution >= 4 is 0 Å². The Hall–Kier alpha value is -2.24. The van der Waals surface area contributed by atoms with Crippen molar-refractivity contribution in [2.45, 2.75) is 6.42 Å². The third-order valence-corrected chi connectivity index (χ3v) is 2.67. The van der Waals surface area contributed by atoms with Gasteiger partial charge in [-0.3, -0.25) is 0 Å². The normalized spacial score (nSPS) is 9.53. The van der Waals surface area contributed by atoms with E-state index in [9.17, 15) is 0 Å². The predicted molar refractivity (Wildman–Crippen MR) is 78.0 cm³/mol. The molecule has 2 rings (SSSR count). The van der Waals surface area contributed by atoms with Crippen LogP contribution >= 0.6 is 0 Å². The Morgan fingerprint density at radius 2 is 1.68 bits per heavy atom. The van der Waals surface area contributed by atoms with Gasteiger partial charge in [-0.05, 0) is 42.8 Å². The minimum Gasteiger partial charge on any atom is -0.481 e. The SMILES string of the molecule is NCCc1ccc(OCC#Cc2ccccc2)cc1. The van der Waals surface area contributed by atoms with Crippen LogP contribution in [0, 0.1) is 11.8 Å². The first-order chi connectivity index (χ1) is 9.38. The van der Waals surface area contributed by atoms with Crippen LogP contribution in [0.2, 0.25) is 0 Å². The van der Waals surface area contributed by atoms with Gasteiger partial charge in [0.25, 0.3) is 0 Å². The van der Waals surface area contributed by atoms with E-state index in [1.165, 1.54) is 5.56 Å². The Bertz CT molecular complexity index is 549. The highest BCUT2D eigenvalue weighted by Crippen LogP contribution is 2.12. The van der Waals surface area contributed by atoms with Crippen molar-refractivity contribution in [2.75, 3.05) is 13.2 Å². The van der Waals surface area contributed by atoms with E-state index in [0.717, 1.165) is 17.7 Å². The van der Waals surface area contributed by atoms with E-state index in [4.69, 9.17) is 10.5 Å². The van der Waals surface area contributed by atoms with Crippen molar-refractivity contribution in [1.82, 2.24) is 0 Å². The van der Waals surface area contributed by atoms with Crippen LogP contribution < -0.4 is 10.5 Å². The second kappa shape index (κ2) is 7.25. The maximum Gasteiger partial charge on any atom is 0.149 e. The summed E-state index contributed by atoms with van der Waals surface area (Å²) in [4.78, 5) is 0. The summed E-state index contributed by atoms with van der Waals surface area (Å²) in [5, 5.41) is 0. The Labute approximate surface area is 114 Å². The van der Waals surface area contributed by atoms with Crippen molar-refractivity contribution in [2.24, 2.45) is 5.73 Å². The summed E-state index contributed by atoms with van der Waals surface area (Å²) in [5.74, 6) is 6.89. The molecule has 0 aliphatic rings. The lowest BCUT2D eigenvalue weighted by Gasteiger charge is -2.03. The molecule has 2 nitrogen and oxygen atoms in total. The first-order valence-electron chi connectivity index (χ1n) is 6.34. The van der Waals surface area contributed by atoms with E-state index in [0.29, 0.717) is 13.2 Å². The van der Waals surface area contributed by atoms with Crippen LogP contribution in [0.25, 0.3) is 0 Å². The summed E-state index contributed by atoms with van der Waals surface area (Å²) in [7, 11) is 0. The number of benzene rings is 2. The van der Waals surface area contributed by atoms with Crippen LogP contribution in [0.15, 0.2) is 54.6 Å². The average molecular weight is 251 g/mol. The van der Waals surface area contributed by atoms with Crippen LogP contribution in [-0.2, 0) is 6.42 Å². The standard InChI is InChI=1S/C17H17NO/c18-13-12-16-8-10-17(11-9-16)19-14-4-7-15-5-2-1-3-6-15/h1-3,5-6,8-11H,12-14,18H2. The average Bonchev–Trinajstić information content (AvgIpc) is 2.47. The highest BCUT2D eigenvalue weighted by Gasteiger charge is 1.93. The van der Waals surface area contributed by atoms with Crippen molar-refractivity contribution in [3.05, 3.63) is 65.7 Å². The highest BCUT2D eigenvalue weighted by atomic mass is 16.5. The van der Waals surface area contributed by atoms with Crippen molar-refractivity contribution < 1.29 is 4.74 Å². The molecular formula is C17H17NO. The van der Waals surface area contributed by atoms with Gasteiger partial charge < -0.3 is 10.5 Å². The Kier molecular flexibility index (Phi) is 5.04. The van der Waals surface area contributed by atoms with E-state index in [2.05, 4.69) is 11.8 Å². The number of rotatable bonds is 4. The molecule has 2 N–H and O–H groups in total. The molecule has 0 radical (unpaired) electrons. The third-order valence-electron chi connectivity index (χ3n) is 2.67. The molecule has 0 aliphatic carbocycles. The molecule has 2 heteroatoms. The first-order valence-corrected chi connectivity index (χ1v) is 6.34. The van der Waals surface area contributed by atoms with Crippen LogP contribution in [0.5, 0.6) is 5.75 Å². The van der Waals surface area contributed by atoms with E-state index >= 15 is 0 Å². The molecule has 0 aromatic heterocycles. The van der Waals surface area contributed by atoms with E-state index < -0.39 is 0 Å². The molecule has 0 aliphatic heterocycles. The lowest BCUT2D eigenvalue weighted by Crippen LogP contribution is -2.02. The molecule has 2 aromatic carbocycles. The van der Waals surface area contributed by atoms with Crippen LogP contribution in [0.1, 0.15) is 11.1 Å². The van der Waals surface area contributed by atoms with Crippen molar-refractivity contribution in [3.63, 3.8) is 0 Å². The van der Waals surface area contributed by atoms with E-state index in [-0.39, 0.29) is 0 Å². The highest BCUT2D eigenvalue weighted by molar-refractivity contribution is 5.34. The Morgan fingerprint density at radius 3 is 2.37 bits per heavy atom. The van der Waals surface area contributed by atoms with Gasteiger partial charge in [-0.1, -0.05) is 42.2 Å². The van der Waals surface area contributed by atoms with Crippen LogP contribution in [0.3, 0.4) is 0 Å². The minimum atomic E-state index is 0.394. The second-order valence-electron chi connectivity index (χ2n) is 4.14. The Balaban J connectivity index is 1.84. The molecule has 0 atom stereocenters. The first kappa shape index (κ1) is 13.2. The summed E-state index contributed by atoms with van der Waals surface area (Å²) in [6, 6.07) is 17.9. The molecule has 19 heavy (non-hydrogen) atoms. The van der Waals surface area contributed by atoms with Crippen molar-refractivity contribution in [3.8, 4) is 17.6 Å². The lowest BCUT2D eigenvalue weighted by molar-refractivity contribution is 0.370. The zero-order valence-electron chi connectivity index (χ0n) is 10.8. The van der Waals surface area contributed by atoms with Gasteiger partial charge >= 0.3 is 0 Å². The number of nitrogens with two attached hydrogens (primary N) is 1. The predicted octanol–water partition coefficient (Wildman–Crippen LogP) is 2.62. The quantitative estimate of drug-likeness (QED) is 0.848. The molecule has 0 saturated carbocycles. The number of ether oxygens (including phenoxy) is 1. The summed E-state index contributed by atoms with van der Waals surface area (Å²) in [6.07, 6.45) is 0.897. The van der Waals surface area contributed by atoms with Gasteiger partial charge in [0.2, 0.25) is 0 Å². The molecule has 0 spiro atoms. The van der Waals surface area contributed by atoms with Gasteiger partial charge in [0, 0.05) is 5.56 Å². The molecule has 0 heterocycles. The molecule has 0 fully saturated rings. The molecular weight excluding hydrogens is 234 g/mol. The zero-order chi connectivity index (χ0) is 13.3. The fraction of sp³-hybridized carbons (Fsp3) is 0.176. The topological polar surface area (TPSA) is 35.2 Å². The maximum absolute atomic E-state index is 5.56. The number of hydrogen-bond donors (Lipinski definition) is 1. The van der Waals surface area contributed by atoms with Crippen LogP contribution in [0.4, 0.5) is 0 Å². The van der Waals surface area contributed by atoms with Gasteiger partial charge in [0.05, 0.1) is 0 Å². The monoisotopic (exact) mass is 251 g/mol. The third kappa shape index (κ3) is 4.50. The number of hydrogen-bond acceptors (Lipinski definition) is 2. The molecule has 0 amide bonds. The molecule has 0 bridgehead atoms. The lowest BCUT2D eigenvalue weighted by atomic mass is 10.1. The van der Waals surface area contributed by atoms with E-state index in [1.54, 1.807) is 0 Å². The summed E-state index contributed by atoms with van der Waals surface area (Å²) < 4.78 is 5.56. The summed E-state index contributed by atoms with van der Waals surface area (Å²) in [6.45, 7) is 1.06. The van der Waals surface area contributed by atoms with Gasteiger partial charge in [-0.25, -0.2) is 0 Å². The minimum absolute atomic E-state index is 0.394. The van der Waals surface area contributed by atoms with E-state index in [1.807, 2.05) is 54.6 Å².